The molecule has 29 heavy (non-hydrogen) atoms. The third-order valence-electron chi connectivity index (χ3n) is 4.02. The van der Waals surface area contributed by atoms with Gasteiger partial charge in [0.25, 0.3) is 0 Å². The number of Topliss-reactive ketones (excluding diaryl/α,β-unsaturated/α-hetero) is 4. The van der Waals surface area contributed by atoms with E-state index in [1.807, 2.05) is 18.2 Å². The Morgan fingerprint density at radius 3 is 1.03 bits per heavy atom. The summed E-state index contributed by atoms with van der Waals surface area (Å²) in [7, 11) is 0. The molecule has 3 aromatic rings. The molecule has 4 nitrogen and oxygen atoms in total. The van der Waals surface area contributed by atoms with Gasteiger partial charge >= 0.3 is 0 Å². The highest BCUT2D eigenvalue weighted by molar-refractivity contribution is 6.13. The number of hydrogen-bond donors (Lipinski definition) is 0. The zero-order valence-corrected chi connectivity index (χ0v) is 16.2. The predicted molar refractivity (Wildman–Crippen MR) is 112 cm³/mol. The second kappa shape index (κ2) is 11.2. The van der Waals surface area contributed by atoms with Crippen molar-refractivity contribution in [3.05, 3.63) is 108 Å². The molecule has 0 atom stereocenters. The summed E-state index contributed by atoms with van der Waals surface area (Å²) >= 11 is 0. The summed E-state index contributed by atoms with van der Waals surface area (Å²) in [6, 6.07) is 26.6. The highest BCUT2D eigenvalue weighted by Crippen LogP contribution is 2.08. The van der Waals surface area contributed by atoms with Gasteiger partial charge in [0.15, 0.2) is 17.3 Å². The number of carbonyl (C=O) groups is 4. The zero-order valence-electron chi connectivity index (χ0n) is 16.2. The molecule has 0 spiro atoms. The van der Waals surface area contributed by atoms with Crippen LogP contribution in [-0.4, -0.2) is 23.1 Å². The third-order valence-corrected chi connectivity index (χ3v) is 4.02. The van der Waals surface area contributed by atoms with Gasteiger partial charge in [-0.2, -0.15) is 0 Å². The van der Waals surface area contributed by atoms with Gasteiger partial charge in [0.05, 0.1) is 12.8 Å². The van der Waals surface area contributed by atoms with E-state index >= 15 is 0 Å². The Kier molecular flexibility index (Phi) is 8.39. The molecule has 0 saturated heterocycles. The monoisotopic (exact) mass is 386 g/mol. The van der Waals surface area contributed by atoms with Crippen LogP contribution in [0.2, 0.25) is 0 Å². The first-order valence-electron chi connectivity index (χ1n) is 9.21. The summed E-state index contributed by atoms with van der Waals surface area (Å²) in [4.78, 5) is 45.5. The summed E-state index contributed by atoms with van der Waals surface area (Å²) in [5.41, 5.74) is 1.77. The second-order valence-electron chi connectivity index (χ2n) is 6.42. The number of benzene rings is 3. The third kappa shape index (κ3) is 7.46. The molecule has 0 N–H and O–H groups in total. The summed E-state index contributed by atoms with van der Waals surface area (Å²) in [6.45, 7) is 1.42. The van der Waals surface area contributed by atoms with E-state index in [1.54, 1.807) is 72.8 Å². The quantitative estimate of drug-likeness (QED) is 0.424. The molecule has 0 amide bonds. The number of ketones is 4. The molecule has 146 valence electrons. The molecule has 0 radical (unpaired) electrons. The SMILES string of the molecule is CC(=O)CC(=O)c1ccccc1.O=C(CC(=O)c1ccccc1)c1ccccc1. The maximum absolute atomic E-state index is 11.8. The van der Waals surface area contributed by atoms with Gasteiger partial charge in [-0.15, -0.1) is 0 Å². The van der Waals surface area contributed by atoms with Crippen LogP contribution in [0.5, 0.6) is 0 Å². The van der Waals surface area contributed by atoms with Crippen LogP contribution in [0, 0.1) is 0 Å². The lowest BCUT2D eigenvalue weighted by molar-refractivity contribution is -0.116. The molecule has 0 bridgehead atoms. The summed E-state index contributed by atoms with van der Waals surface area (Å²) in [5.74, 6) is -0.481. The van der Waals surface area contributed by atoms with E-state index in [0.717, 1.165) is 0 Å². The van der Waals surface area contributed by atoms with Crippen LogP contribution in [0.3, 0.4) is 0 Å². The molecular formula is C25H22O4. The standard InChI is InChI=1S/C15H12O2.C10H10O2/c16-14(12-7-3-1-4-8-12)11-15(17)13-9-5-2-6-10-13;1-8(11)7-10(12)9-5-3-2-4-6-9/h1-10H,11H2;2-6H,7H2,1H3. The Labute approximate surface area is 170 Å². The Bertz CT molecular complexity index is 912. The molecular weight excluding hydrogens is 364 g/mol. The van der Waals surface area contributed by atoms with Crippen molar-refractivity contribution in [3.8, 4) is 0 Å². The Balaban J connectivity index is 0.000000221. The van der Waals surface area contributed by atoms with Gasteiger partial charge in [-0.3, -0.25) is 19.2 Å². The van der Waals surface area contributed by atoms with E-state index in [-0.39, 0.29) is 36.0 Å². The van der Waals surface area contributed by atoms with Crippen molar-refractivity contribution in [1.29, 1.82) is 0 Å². The van der Waals surface area contributed by atoms with E-state index in [2.05, 4.69) is 0 Å². The van der Waals surface area contributed by atoms with Crippen LogP contribution >= 0.6 is 0 Å². The maximum atomic E-state index is 11.8. The molecule has 0 fully saturated rings. The lowest BCUT2D eigenvalue weighted by atomic mass is 10.0. The minimum Gasteiger partial charge on any atom is -0.300 e. The fourth-order valence-electron chi connectivity index (χ4n) is 2.55. The highest BCUT2D eigenvalue weighted by Gasteiger charge is 2.12. The number of hydrogen-bond acceptors (Lipinski definition) is 4. The second-order valence-corrected chi connectivity index (χ2v) is 6.42. The first-order valence-corrected chi connectivity index (χ1v) is 9.21. The van der Waals surface area contributed by atoms with Crippen LogP contribution < -0.4 is 0 Å². The van der Waals surface area contributed by atoms with Crippen LogP contribution in [-0.2, 0) is 4.79 Å². The predicted octanol–water partition coefficient (Wildman–Crippen LogP) is 4.99. The van der Waals surface area contributed by atoms with Crippen molar-refractivity contribution >= 4 is 23.1 Å². The van der Waals surface area contributed by atoms with Gasteiger partial charge in [0.2, 0.25) is 0 Å². The first-order chi connectivity index (χ1) is 14.0. The van der Waals surface area contributed by atoms with E-state index in [4.69, 9.17) is 0 Å². The first kappa shape index (κ1) is 21.6. The minimum absolute atomic E-state index is 0.00398. The average molecular weight is 386 g/mol. The van der Waals surface area contributed by atoms with Crippen molar-refractivity contribution < 1.29 is 19.2 Å². The minimum atomic E-state index is -0.139. The molecule has 4 heteroatoms. The van der Waals surface area contributed by atoms with E-state index in [9.17, 15) is 19.2 Å². The molecule has 0 aliphatic carbocycles. The number of rotatable bonds is 7. The largest absolute Gasteiger partial charge is 0.300 e. The fourth-order valence-corrected chi connectivity index (χ4v) is 2.55. The van der Waals surface area contributed by atoms with E-state index in [1.165, 1.54) is 6.92 Å². The summed E-state index contributed by atoms with van der Waals surface area (Å²) < 4.78 is 0. The summed E-state index contributed by atoms with van der Waals surface area (Å²) in [6.07, 6.45) is -0.0714. The Morgan fingerprint density at radius 2 is 0.759 bits per heavy atom. The van der Waals surface area contributed by atoms with Gasteiger partial charge in [-0.1, -0.05) is 91.0 Å². The lowest BCUT2D eigenvalue weighted by Crippen LogP contribution is -2.08. The van der Waals surface area contributed by atoms with Crippen molar-refractivity contribution in [1.82, 2.24) is 0 Å². The van der Waals surface area contributed by atoms with E-state index in [0.29, 0.717) is 16.7 Å². The van der Waals surface area contributed by atoms with Crippen LogP contribution in [0.15, 0.2) is 91.0 Å². The Hall–Kier alpha value is -3.66. The van der Waals surface area contributed by atoms with Crippen molar-refractivity contribution in [3.63, 3.8) is 0 Å². The maximum Gasteiger partial charge on any atom is 0.170 e. The molecule has 0 heterocycles. The molecule has 0 aliphatic heterocycles. The molecule has 0 unspecified atom stereocenters. The van der Waals surface area contributed by atoms with Crippen LogP contribution in [0.4, 0.5) is 0 Å². The molecule has 3 rings (SSSR count). The topological polar surface area (TPSA) is 68.3 Å². The molecule has 0 aliphatic rings. The lowest BCUT2D eigenvalue weighted by Gasteiger charge is -2.00. The Morgan fingerprint density at radius 1 is 0.483 bits per heavy atom. The van der Waals surface area contributed by atoms with Gasteiger partial charge in [0.1, 0.15) is 5.78 Å². The smallest absolute Gasteiger partial charge is 0.170 e. The normalized spacial score (nSPS) is 9.69. The highest BCUT2D eigenvalue weighted by atomic mass is 16.2. The molecule has 3 aromatic carbocycles. The molecule has 0 saturated carbocycles. The number of carbonyl (C=O) groups excluding carboxylic acids is 4. The van der Waals surface area contributed by atoms with Crippen LogP contribution in [0.1, 0.15) is 50.8 Å². The average Bonchev–Trinajstić information content (AvgIpc) is 2.75. The van der Waals surface area contributed by atoms with E-state index < -0.39 is 0 Å². The fraction of sp³-hybridized carbons (Fsp3) is 0.120. The van der Waals surface area contributed by atoms with Crippen molar-refractivity contribution in [2.24, 2.45) is 0 Å². The van der Waals surface area contributed by atoms with Gasteiger partial charge in [0, 0.05) is 16.7 Å². The van der Waals surface area contributed by atoms with Gasteiger partial charge in [-0.05, 0) is 6.92 Å². The zero-order chi connectivity index (χ0) is 21.1. The molecule has 0 aromatic heterocycles. The summed E-state index contributed by atoms with van der Waals surface area (Å²) in [5, 5.41) is 0. The van der Waals surface area contributed by atoms with Crippen molar-refractivity contribution in [2.45, 2.75) is 19.8 Å². The van der Waals surface area contributed by atoms with Gasteiger partial charge in [-0.25, -0.2) is 0 Å². The van der Waals surface area contributed by atoms with Crippen LogP contribution in [0.25, 0.3) is 0 Å². The van der Waals surface area contributed by atoms with Gasteiger partial charge < -0.3 is 0 Å². The van der Waals surface area contributed by atoms with Crippen molar-refractivity contribution in [2.75, 3.05) is 0 Å².